The van der Waals surface area contributed by atoms with Crippen LogP contribution in [-0.2, 0) is 0 Å². The number of carbonyl (C=O) groups excluding carboxylic acids is 1. The molecule has 0 spiro atoms. The molecule has 0 saturated heterocycles. The van der Waals surface area contributed by atoms with Gasteiger partial charge >= 0.3 is 6.18 Å². The summed E-state index contributed by atoms with van der Waals surface area (Å²) < 4.78 is 39.9. The Morgan fingerprint density at radius 2 is 2.13 bits per heavy atom. The van der Waals surface area contributed by atoms with E-state index in [4.69, 9.17) is 5.73 Å². The summed E-state index contributed by atoms with van der Waals surface area (Å²) >= 11 is 0. The van der Waals surface area contributed by atoms with Gasteiger partial charge in [-0.15, -0.1) is 0 Å². The van der Waals surface area contributed by atoms with Gasteiger partial charge in [-0.05, 0) is 10.3 Å². The third kappa shape index (κ3) is 2.82. The minimum absolute atomic E-state index is 0.339. The molecule has 1 amide bonds. The molecule has 0 aliphatic heterocycles. The third-order valence-corrected chi connectivity index (χ3v) is 1.48. The Labute approximate surface area is 81.8 Å². The van der Waals surface area contributed by atoms with Crippen LogP contribution in [0.2, 0.25) is 0 Å². The number of nitrogens with two attached hydrogens (primary N) is 1. The van der Waals surface area contributed by atoms with Crippen molar-refractivity contribution >= 4 is 11.7 Å². The lowest BCUT2D eigenvalue weighted by Crippen LogP contribution is -2.36. The molecule has 1 heterocycles. The predicted octanol–water partition coefficient (Wildman–Crippen LogP) is 0.286. The molecule has 0 unspecified atom stereocenters. The zero-order valence-electron chi connectivity index (χ0n) is 7.58. The van der Waals surface area contributed by atoms with Crippen molar-refractivity contribution in [3.8, 4) is 0 Å². The van der Waals surface area contributed by atoms with Gasteiger partial charge in [0.05, 0.1) is 0 Å². The highest BCUT2D eigenvalue weighted by atomic mass is 19.4. The van der Waals surface area contributed by atoms with Crippen LogP contribution in [0, 0.1) is 0 Å². The summed E-state index contributed by atoms with van der Waals surface area (Å²) in [6.07, 6.45) is -4.48. The van der Waals surface area contributed by atoms with E-state index in [0.29, 0.717) is 4.90 Å². The van der Waals surface area contributed by atoms with Crippen LogP contribution in [-0.4, -0.2) is 40.9 Å². The molecule has 9 heteroatoms. The Hall–Kier alpha value is -1.80. The number of amides is 1. The fraction of sp³-hybridized carbons (Fsp3) is 0.500. The third-order valence-electron chi connectivity index (χ3n) is 1.48. The van der Waals surface area contributed by atoms with Crippen LogP contribution in [0.5, 0.6) is 0 Å². The number of carbonyl (C=O) groups is 1. The molecule has 0 saturated carbocycles. The van der Waals surface area contributed by atoms with E-state index in [2.05, 4.69) is 14.9 Å². The molecular formula is C6H7F3N4O2. The number of rotatable bonds is 2. The second-order valence-corrected chi connectivity index (χ2v) is 2.77. The Kier molecular flexibility index (Phi) is 2.82. The number of hydrogen-bond donors (Lipinski definition) is 1. The molecule has 0 atom stereocenters. The Bertz CT molecular complexity index is 362. The highest BCUT2D eigenvalue weighted by Crippen LogP contribution is 2.17. The van der Waals surface area contributed by atoms with E-state index in [-0.39, 0.29) is 5.82 Å². The number of alkyl halides is 3. The van der Waals surface area contributed by atoms with Crippen molar-refractivity contribution in [3.63, 3.8) is 0 Å². The normalized spacial score (nSPS) is 11.5. The van der Waals surface area contributed by atoms with Gasteiger partial charge < -0.3 is 10.6 Å². The minimum Gasteiger partial charge on any atom is -0.379 e. The van der Waals surface area contributed by atoms with E-state index in [1.54, 1.807) is 0 Å². The molecular weight excluding hydrogens is 217 g/mol. The Balaban J connectivity index is 2.74. The first-order valence-corrected chi connectivity index (χ1v) is 3.71. The number of aromatic nitrogens is 2. The Morgan fingerprint density at radius 1 is 1.53 bits per heavy atom. The molecule has 0 aliphatic carbocycles. The molecule has 84 valence electrons. The minimum atomic E-state index is -4.48. The van der Waals surface area contributed by atoms with E-state index in [0.717, 1.165) is 7.05 Å². The molecule has 0 radical (unpaired) electrons. The summed E-state index contributed by atoms with van der Waals surface area (Å²) in [5.74, 6) is -1.33. The van der Waals surface area contributed by atoms with Crippen molar-refractivity contribution < 1.29 is 22.6 Å². The summed E-state index contributed by atoms with van der Waals surface area (Å²) in [7, 11) is 0.976. The van der Waals surface area contributed by atoms with Gasteiger partial charge in [0.2, 0.25) is 11.5 Å². The number of hydrogen-bond acceptors (Lipinski definition) is 5. The van der Waals surface area contributed by atoms with E-state index in [1.165, 1.54) is 0 Å². The summed E-state index contributed by atoms with van der Waals surface area (Å²) in [5, 5.41) is 6.18. The van der Waals surface area contributed by atoms with Gasteiger partial charge in [-0.3, -0.25) is 4.79 Å². The Morgan fingerprint density at radius 3 is 2.53 bits per heavy atom. The largest absolute Gasteiger partial charge is 0.406 e. The molecule has 0 bridgehead atoms. The van der Waals surface area contributed by atoms with Gasteiger partial charge in [0.15, 0.2) is 0 Å². The quantitative estimate of drug-likeness (QED) is 0.780. The summed E-state index contributed by atoms with van der Waals surface area (Å²) in [5.41, 5.74) is 4.72. The van der Waals surface area contributed by atoms with Crippen molar-refractivity contribution in [2.24, 2.45) is 0 Å². The van der Waals surface area contributed by atoms with Crippen LogP contribution in [0.15, 0.2) is 4.63 Å². The van der Waals surface area contributed by atoms with Crippen LogP contribution in [0.3, 0.4) is 0 Å². The topological polar surface area (TPSA) is 85.2 Å². The number of halogens is 3. The van der Waals surface area contributed by atoms with E-state index >= 15 is 0 Å². The van der Waals surface area contributed by atoms with Gasteiger partial charge in [0, 0.05) is 7.05 Å². The van der Waals surface area contributed by atoms with Crippen molar-refractivity contribution in [3.05, 3.63) is 5.69 Å². The van der Waals surface area contributed by atoms with Crippen molar-refractivity contribution in [2.45, 2.75) is 6.18 Å². The van der Waals surface area contributed by atoms with Gasteiger partial charge in [-0.2, -0.15) is 13.2 Å². The summed E-state index contributed by atoms with van der Waals surface area (Å²) in [6, 6.07) is 0. The molecule has 0 aromatic carbocycles. The lowest BCUT2D eigenvalue weighted by atomic mass is 10.3. The second-order valence-electron chi connectivity index (χ2n) is 2.77. The fourth-order valence-corrected chi connectivity index (χ4v) is 0.865. The first-order valence-electron chi connectivity index (χ1n) is 3.71. The van der Waals surface area contributed by atoms with Crippen LogP contribution in [0.1, 0.15) is 10.5 Å². The summed E-state index contributed by atoms with van der Waals surface area (Å²) in [6.45, 7) is -1.39. The maximum absolute atomic E-state index is 11.9. The maximum atomic E-state index is 11.9. The van der Waals surface area contributed by atoms with Gasteiger partial charge in [0.1, 0.15) is 6.54 Å². The first-order chi connectivity index (χ1) is 6.81. The van der Waals surface area contributed by atoms with Crippen molar-refractivity contribution in [1.29, 1.82) is 0 Å². The van der Waals surface area contributed by atoms with Crippen LogP contribution < -0.4 is 5.73 Å². The number of nitrogens with zero attached hydrogens (tertiary/aromatic N) is 3. The van der Waals surface area contributed by atoms with E-state index in [1.807, 2.05) is 0 Å². The summed E-state index contributed by atoms with van der Waals surface area (Å²) in [4.78, 5) is 11.7. The standard InChI is InChI=1S/C6H7F3N4O2/c1-13(2-6(7,8)9)5(14)3-4(10)12-15-11-3/h2H2,1H3,(H2,10,12). The predicted molar refractivity (Wildman–Crippen MR) is 41.7 cm³/mol. The van der Waals surface area contributed by atoms with Crippen LogP contribution in [0.4, 0.5) is 19.0 Å². The average Bonchev–Trinajstić information content (AvgIpc) is 2.47. The van der Waals surface area contributed by atoms with Crippen molar-refractivity contribution in [2.75, 3.05) is 19.3 Å². The fourth-order valence-electron chi connectivity index (χ4n) is 0.865. The highest BCUT2D eigenvalue weighted by molar-refractivity contribution is 5.95. The van der Waals surface area contributed by atoms with Gasteiger partial charge in [-0.25, -0.2) is 4.63 Å². The zero-order chi connectivity index (χ0) is 11.6. The molecule has 1 rings (SSSR count). The maximum Gasteiger partial charge on any atom is 0.406 e. The zero-order valence-corrected chi connectivity index (χ0v) is 7.58. The molecule has 6 nitrogen and oxygen atoms in total. The smallest absolute Gasteiger partial charge is 0.379 e. The number of nitrogen functional groups attached to an aromatic ring is 1. The molecule has 1 aromatic rings. The number of anilines is 1. The van der Waals surface area contributed by atoms with Crippen LogP contribution in [0.25, 0.3) is 0 Å². The average molecular weight is 224 g/mol. The lowest BCUT2D eigenvalue weighted by Gasteiger charge is -2.17. The van der Waals surface area contributed by atoms with Gasteiger partial charge in [0.25, 0.3) is 5.91 Å². The molecule has 0 fully saturated rings. The molecule has 15 heavy (non-hydrogen) atoms. The highest BCUT2D eigenvalue weighted by Gasteiger charge is 2.33. The SMILES string of the molecule is CN(CC(F)(F)F)C(=O)c1nonc1N. The van der Waals surface area contributed by atoms with E-state index < -0.39 is 24.3 Å². The second kappa shape index (κ2) is 3.75. The molecule has 1 aromatic heterocycles. The monoisotopic (exact) mass is 224 g/mol. The van der Waals surface area contributed by atoms with Crippen LogP contribution >= 0.6 is 0 Å². The lowest BCUT2D eigenvalue weighted by molar-refractivity contribution is -0.138. The van der Waals surface area contributed by atoms with Crippen molar-refractivity contribution in [1.82, 2.24) is 15.2 Å². The van der Waals surface area contributed by atoms with Gasteiger partial charge in [-0.1, -0.05) is 0 Å². The first kappa shape index (κ1) is 11.3. The molecule has 0 aliphatic rings. The van der Waals surface area contributed by atoms with E-state index in [9.17, 15) is 18.0 Å². The molecule has 2 N–H and O–H groups in total.